The van der Waals surface area contributed by atoms with Gasteiger partial charge in [-0.2, -0.15) is 22.7 Å². The number of nitrogens with one attached hydrogen (secondary N) is 1. The molecule has 6 heterocycles. The molecular weight excluding hydrogens is 725 g/mol. The van der Waals surface area contributed by atoms with E-state index in [-0.39, 0.29) is 77.7 Å². The zero-order valence-electron chi connectivity index (χ0n) is 27.5. The molecule has 52 heavy (non-hydrogen) atoms. The van der Waals surface area contributed by atoms with E-state index in [1.54, 1.807) is 23.9 Å². The van der Waals surface area contributed by atoms with E-state index >= 15 is 0 Å². The van der Waals surface area contributed by atoms with E-state index in [4.69, 9.17) is 16.6 Å². The second kappa shape index (κ2) is 13.5. The van der Waals surface area contributed by atoms with Gasteiger partial charge in [0.1, 0.15) is 18.6 Å². The molecule has 6 aromatic rings. The molecule has 268 valence electrons. The Morgan fingerprint density at radius 3 is 2.56 bits per heavy atom. The maximum Gasteiger partial charge on any atom is 0.416 e. The largest absolute Gasteiger partial charge is 0.504 e. The SMILES string of the molecule is CCc1c(N2CCN(C(=O)c3ncnc(C)c3O)CC2)c(=O)n2nc(-c3cc4cnccc4s3)nc2n1CC(=O)Nc1ccc(C(F)(F)F)cc1Cl. The van der Waals surface area contributed by atoms with Gasteiger partial charge < -0.3 is 24.8 Å². The van der Waals surface area contributed by atoms with Crippen molar-refractivity contribution in [3.63, 3.8) is 0 Å². The summed E-state index contributed by atoms with van der Waals surface area (Å²) in [4.78, 5) is 61.8. The number of nitrogens with zero attached hydrogens (tertiary/aromatic N) is 9. The number of alkyl halides is 3. The quantitative estimate of drug-likeness (QED) is 0.232. The first-order valence-electron chi connectivity index (χ1n) is 15.9. The Morgan fingerprint density at radius 2 is 1.87 bits per heavy atom. The minimum absolute atomic E-state index is 0.0262. The van der Waals surface area contributed by atoms with Crippen LogP contribution in [0.25, 0.3) is 26.6 Å². The molecule has 5 aromatic heterocycles. The molecule has 0 bridgehead atoms. The number of carbonyl (C=O) groups is 2. The number of thiophene rings is 1. The van der Waals surface area contributed by atoms with Crippen molar-refractivity contribution in [2.75, 3.05) is 36.4 Å². The first-order chi connectivity index (χ1) is 24.8. The van der Waals surface area contributed by atoms with Gasteiger partial charge in [0.15, 0.2) is 17.3 Å². The number of hydrogen-bond donors (Lipinski definition) is 2. The Kier molecular flexibility index (Phi) is 9.04. The lowest BCUT2D eigenvalue weighted by molar-refractivity contribution is -0.137. The van der Waals surface area contributed by atoms with Crippen LogP contribution in [0.5, 0.6) is 5.75 Å². The van der Waals surface area contributed by atoms with Crippen molar-refractivity contribution < 1.29 is 27.9 Å². The van der Waals surface area contributed by atoms with Crippen LogP contribution in [0, 0.1) is 6.92 Å². The van der Waals surface area contributed by atoms with E-state index in [0.717, 1.165) is 32.8 Å². The lowest BCUT2D eigenvalue weighted by Gasteiger charge is -2.36. The summed E-state index contributed by atoms with van der Waals surface area (Å²) in [5, 5.41) is 18.1. The molecule has 19 heteroatoms. The number of aromatic hydroxyl groups is 1. The van der Waals surface area contributed by atoms with Gasteiger partial charge in [-0.3, -0.25) is 19.4 Å². The summed E-state index contributed by atoms with van der Waals surface area (Å²) in [5.41, 5.74) is -0.627. The van der Waals surface area contributed by atoms with E-state index in [0.29, 0.717) is 10.6 Å². The molecule has 1 saturated heterocycles. The number of benzene rings is 1. The van der Waals surface area contributed by atoms with Crippen molar-refractivity contribution in [2.45, 2.75) is 33.0 Å². The van der Waals surface area contributed by atoms with Crippen LogP contribution in [0.3, 0.4) is 0 Å². The fraction of sp³-hybridized carbons (Fsp3) is 0.273. The number of hydrogen-bond acceptors (Lipinski definition) is 11. The number of anilines is 2. The number of pyridine rings is 1. The summed E-state index contributed by atoms with van der Waals surface area (Å²) < 4.78 is 43.3. The monoisotopic (exact) mass is 752 g/mol. The fourth-order valence-electron chi connectivity index (χ4n) is 6.06. The lowest BCUT2D eigenvalue weighted by Crippen LogP contribution is -2.51. The van der Waals surface area contributed by atoms with E-state index in [9.17, 15) is 32.7 Å². The highest BCUT2D eigenvalue weighted by Gasteiger charge is 2.32. The number of piperazine rings is 1. The third kappa shape index (κ3) is 6.38. The van der Waals surface area contributed by atoms with Crippen molar-refractivity contribution in [3.8, 4) is 16.5 Å². The highest BCUT2D eigenvalue weighted by molar-refractivity contribution is 7.22. The fourth-order valence-corrected chi connectivity index (χ4v) is 7.25. The normalized spacial score (nSPS) is 13.7. The summed E-state index contributed by atoms with van der Waals surface area (Å²) in [6.07, 6.45) is 0.222. The van der Waals surface area contributed by atoms with Crippen LogP contribution in [-0.2, 0) is 23.9 Å². The number of rotatable bonds is 7. The smallest absolute Gasteiger partial charge is 0.416 e. The zero-order chi connectivity index (χ0) is 36.9. The third-order valence-electron chi connectivity index (χ3n) is 8.66. The number of amides is 2. The second-order valence-electron chi connectivity index (χ2n) is 11.9. The Labute approximate surface area is 301 Å². The average molecular weight is 753 g/mol. The van der Waals surface area contributed by atoms with Crippen molar-refractivity contribution in [2.24, 2.45) is 0 Å². The Bertz CT molecular complexity index is 2410. The van der Waals surface area contributed by atoms with Crippen molar-refractivity contribution >= 4 is 62.0 Å². The Balaban J connectivity index is 1.26. The maximum atomic E-state index is 14.3. The molecule has 14 nitrogen and oxygen atoms in total. The van der Waals surface area contributed by atoms with Crippen molar-refractivity contribution in [1.82, 2.24) is 39.0 Å². The van der Waals surface area contributed by atoms with Crippen LogP contribution in [-0.4, -0.2) is 82.1 Å². The molecule has 7 rings (SSSR count). The van der Waals surface area contributed by atoms with Gasteiger partial charge in [0.2, 0.25) is 11.7 Å². The Hall–Kier alpha value is -5.62. The molecular formula is C33H28ClF3N10O4S. The predicted molar refractivity (Wildman–Crippen MR) is 187 cm³/mol. The number of carbonyl (C=O) groups excluding carboxylic acids is 2. The van der Waals surface area contributed by atoms with Crippen LogP contribution in [0.1, 0.15) is 34.4 Å². The van der Waals surface area contributed by atoms with Gasteiger partial charge in [0.25, 0.3) is 11.5 Å². The van der Waals surface area contributed by atoms with Crippen LogP contribution in [0.2, 0.25) is 5.02 Å². The van der Waals surface area contributed by atoms with E-state index in [2.05, 4.69) is 25.4 Å². The summed E-state index contributed by atoms with van der Waals surface area (Å²) in [6, 6.07) is 6.32. The van der Waals surface area contributed by atoms with Crippen molar-refractivity contribution in [1.29, 1.82) is 0 Å². The predicted octanol–water partition coefficient (Wildman–Crippen LogP) is 4.81. The molecule has 0 aliphatic carbocycles. The van der Waals surface area contributed by atoms with Crippen LogP contribution in [0.15, 0.2) is 53.8 Å². The minimum Gasteiger partial charge on any atom is -0.504 e. The maximum absolute atomic E-state index is 14.3. The van der Waals surface area contributed by atoms with Crippen LogP contribution < -0.4 is 15.8 Å². The van der Waals surface area contributed by atoms with Gasteiger partial charge in [-0.25, -0.2) is 9.97 Å². The summed E-state index contributed by atoms with van der Waals surface area (Å²) in [6.45, 7) is 3.81. The van der Waals surface area contributed by atoms with Gasteiger partial charge >= 0.3 is 6.18 Å². The lowest BCUT2D eigenvalue weighted by atomic mass is 10.2. The Morgan fingerprint density at radius 1 is 1.10 bits per heavy atom. The van der Waals surface area contributed by atoms with E-state index in [1.165, 1.54) is 22.6 Å². The molecule has 1 aromatic carbocycles. The molecule has 2 N–H and O–H groups in total. The van der Waals surface area contributed by atoms with Gasteiger partial charge in [0.05, 0.1) is 32.5 Å². The van der Waals surface area contributed by atoms with Gasteiger partial charge in [-0.15, -0.1) is 16.4 Å². The van der Waals surface area contributed by atoms with Gasteiger partial charge in [0, 0.05) is 48.7 Å². The van der Waals surface area contributed by atoms with E-state index < -0.39 is 35.7 Å². The molecule has 0 radical (unpaired) electrons. The standard InChI is InChI=1S/C33H28ClF3N10O4S/c1-3-22-27(44-8-10-45(11-9-44)30(50)26-28(49)17(2)39-16-40-26)31(51)47-32(42-29(43-47)24-12-18-14-38-7-6-23(18)52-24)46(22)15-25(48)41-21-5-4-19(13-20(21)34)33(35,36)37/h4-7,12-14,16,49H,3,8-11,15H2,1-2H3,(H,41,48). The average Bonchev–Trinajstić information content (AvgIpc) is 3.76. The van der Waals surface area contributed by atoms with Gasteiger partial charge in [-0.1, -0.05) is 18.5 Å². The van der Waals surface area contributed by atoms with Crippen LogP contribution >= 0.6 is 22.9 Å². The number of halogens is 4. The van der Waals surface area contributed by atoms with Crippen molar-refractivity contribution in [3.05, 3.63) is 87.1 Å². The highest BCUT2D eigenvalue weighted by atomic mass is 35.5. The molecule has 2 amide bonds. The molecule has 1 fully saturated rings. The molecule has 0 spiro atoms. The topological polar surface area (TPSA) is 164 Å². The molecule has 1 aliphatic heterocycles. The highest BCUT2D eigenvalue weighted by Crippen LogP contribution is 2.35. The first kappa shape index (κ1) is 34.8. The summed E-state index contributed by atoms with van der Waals surface area (Å²) in [7, 11) is 0. The zero-order valence-corrected chi connectivity index (χ0v) is 29.1. The molecule has 0 atom stereocenters. The molecule has 0 saturated carbocycles. The third-order valence-corrected chi connectivity index (χ3v) is 10.1. The first-order valence-corrected chi connectivity index (χ1v) is 17.1. The molecule has 0 unspecified atom stereocenters. The summed E-state index contributed by atoms with van der Waals surface area (Å²) >= 11 is 7.53. The minimum atomic E-state index is -4.62. The second-order valence-corrected chi connectivity index (χ2v) is 13.4. The van der Waals surface area contributed by atoms with Gasteiger partial charge in [-0.05, 0) is 43.7 Å². The number of aromatic nitrogens is 7. The number of aryl methyl sites for hydroxylation is 1. The summed E-state index contributed by atoms with van der Waals surface area (Å²) in [5.74, 6) is -1.10. The number of fused-ring (bicyclic) bond motifs is 2. The van der Waals surface area contributed by atoms with Crippen LogP contribution in [0.4, 0.5) is 24.5 Å². The molecule has 1 aliphatic rings. The van der Waals surface area contributed by atoms with E-state index in [1.807, 2.05) is 24.0 Å².